The third kappa shape index (κ3) is 15.5. The van der Waals surface area contributed by atoms with Gasteiger partial charge in [-0.15, -0.1) is 0 Å². The number of esters is 6. The van der Waals surface area contributed by atoms with Crippen LogP contribution in [0.25, 0.3) is 0 Å². The van der Waals surface area contributed by atoms with Crippen molar-refractivity contribution in [3.8, 4) is 0 Å². The van der Waals surface area contributed by atoms with Crippen molar-refractivity contribution in [1.82, 2.24) is 10.6 Å². The molecule has 0 spiro atoms. The molecule has 1 amide bonds. The minimum absolute atomic E-state index is 0. The maximum Gasteiger partial charge on any atom is 3.00 e. The van der Waals surface area contributed by atoms with Crippen molar-refractivity contribution in [3.05, 3.63) is 47.1 Å². The molecule has 5 aliphatic rings. The van der Waals surface area contributed by atoms with Crippen molar-refractivity contribution in [1.29, 1.82) is 10.5 Å². The molecule has 0 aliphatic carbocycles. The van der Waals surface area contributed by atoms with Crippen LogP contribution in [-0.2, 0) is 83.5 Å². The molecule has 5 rings (SSSR count). The molecule has 5 heterocycles. The van der Waals surface area contributed by atoms with Gasteiger partial charge in [0.2, 0.25) is 5.91 Å². The van der Waals surface area contributed by atoms with E-state index in [-0.39, 0.29) is 112 Å². The number of ether oxygens (including phenoxy) is 7. The summed E-state index contributed by atoms with van der Waals surface area (Å²) >= 11 is 0. The predicted octanol–water partition coefficient (Wildman–Crippen LogP) is 5.52. The molecule has 0 aromatic carbocycles. The van der Waals surface area contributed by atoms with Crippen molar-refractivity contribution >= 4 is 64.9 Å². The number of fused-ring (bicyclic) bond motifs is 6. The minimum Gasteiger partial charge on any atom is -0.594 e. The van der Waals surface area contributed by atoms with Crippen LogP contribution in [-0.4, -0.2) is 143 Å². The molecule has 1 fully saturated rings. The average molecular weight is 1230 g/mol. The van der Waals surface area contributed by atoms with Gasteiger partial charge in [-0.05, 0) is 57.6 Å². The first-order valence-electron chi connectivity index (χ1n) is 27.7. The number of rotatable bonds is 21. The van der Waals surface area contributed by atoms with E-state index in [1.165, 1.54) is 42.7 Å². The second-order valence-electron chi connectivity index (χ2n) is 24.0. The van der Waals surface area contributed by atoms with E-state index in [1.54, 1.807) is 20.8 Å². The molecule has 9 atom stereocenters. The molecule has 8 bridgehead atoms. The smallest absolute Gasteiger partial charge is 0.594 e. The number of amides is 1. The summed E-state index contributed by atoms with van der Waals surface area (Å²) in [6, 6.07) is -0.994. The van der Waals surface area contributed by atoms with Crippen molar-refractivity contribution in [3.63, 3.8) is 0 Å². The normalized spacial score (nSPS) is 29.7. The monoisotopic (exact) mass is 1230 g/mol. The topological polar surface area (TPSA) is 348 Å². The number of allylic oxidation sites excluding steroid dienone is 6. The Balaban J connectivity index is 0.00000482. The molecule has 25 heteroatoms. The molecular weight excluding hydrogens is 1150 g/mol. The zero-order valence-electron chi connectivity index (χ0n) is 52.2. The second-order valence-corrected chi connectivity index (χ2v) is 24.0. The molecule has 0 aromatic rings. The maximum absolute atomic E-state index is 14.5. The van der Waals surface area contributed by atoms with Gasteiger partial charge in [-0.1, -0.05) is 55.4 Å². The quantitative estimate of drug-likeness (QED) is 0.0418. The molecule has 470 valence electrons. The third-order valence-electron chi connectivity index (χ3n) is 17.8. The molecule has 5 aliphatic heterocycles. The summed E-state index contributed by atoms with van der Waals surface area (Å²) < 4.78 is 37.8. The first-order chi connectivity index (χ1) is 39.3. The molecular formula is C60H85CoN8O16. The van der Waals surface area contributed by atoms with Crippen LogP contribution in [0, 0.1) is 69.0 Å². The van der Waals surface area contributed by atoms with Gasteiger partial charge in [-0.25, -0.2) is 4.99 Å². The van der Waals surface area contributed by atoms with Gasteiger partial charge in [0.25, 0.3) is 0 Å². The Kier molecular flexibility index (Phi) is 26.5. The second kappa shape index (κ2) is 30.4. The molecule has 0 aromatic heterocycles. The van der Waals surface area contributed by atoms with E-state index < -0.39 is 110 Å². The SMILES string of the molecule is COC(=O)CC[C@@H]1/C2=C(\C)C3=NC([C@H](CC(=O)OC)[C@@]3(C)CCC(=O)OC)[C@]3(C)N=C(/C(C)=C4\N/C(=C(/N=C([O-])OC(C)(C)C)C(=N2)C1(C)C)[C@@H](CCC(=O)NCCO)[C@]4(C)CC(=O)OC)[C@@H](CCC(=O)OC)[C@]3(C)CC(=O)OC.[C-]#N.[C-]#N.[Co+3]. The first kappa shape index (κ1) is 74.1. The molecule has 1 unspecified atom stereocenters. The number of aliphatic imine (C=N–C) groups is 4. The van der Waals surface area contributed by atoms with Crippen molar-refractivity contribution in [2.45, 2.75) is 164 Å². The van der Waals surface area contributed by atoms with E-state index >= 15 is 0 Å². The van der Waals surface area contributed by atoms with Crippen molar-refractivity contribution in [2.24, 2.45) is 65.3 Å². The van der Waals surface area contributed by atoms with E-state index in [9.17, 15) is 43.8 Å². The standard InChI is InChI=1S/C58H86N6O16.2CN.Co/c1-31-44-33(19-22-38(67)74-12)54(6,7)51(60-44)47(62-52(73)80-53(3,4)5)46-34(18-21-37(66)59-26-27-65)56(9,29-42(71)78-16)49(61-46)32(2)45-35(20-23-39(68)75-13)57(10,30-43(72)79-17)58(11,64-45)50-36(28-41(70)77-15)55(8,48(31)63-50)25-24-40(69)76-14;2*1-2;/h33-36,50,61,65H,18-30H2,1-17H3,(H,59,66)(H,62,73);;;/q;2*-1;+3/p-1/b44-31-,47-46+,49-32-;;;/t33-,34-,35-,36+,50?,55-,56+,57+,58+;;;/m1.../s1. The van der Waals surface area contributed by atoms with Gasteiger partial charge in [-0.3, -0.25) is 48.5 Å². The van der Waals surface area contributed by atoms with E-state index in [1.807, 2.05) is 55.4 Å². The van der Waals surface area contributed by atoms with E-state index in [0.717, 1.165) is 0 Å². The van der Waals surface area contributed by atoms with Gasteiger partial charge in [0.15, 0.2) is 6.08 Å². The summed E-state index contributed by atoms with van der Waals surface area (Å²) in [7, 11) is 7.65. The Morgan fingerprint density at radius 2 is 1.20 bits per heavy atom. The Morgan fingerprint density at radius 1 is 0.694 bits per heavy atom. The molecule has 1 saturated heterocycles. The largest absolute Gasteiger partial charge is 3.00 e. The number of aliphatic hydroxyl groups is 1. The van der Waals surface area contributed by atoms with Crippen LogP contribution in [0.3, 0.4) is 0 Å². The number of hydrogen-bond donors (Lipinski definition) is 3. The number of carbonyl (C=O) groups is 7. The van der Waals surface area contributed by atoms with Gasteiger partial charge < -0.3 is 77.7 Å². The Bertz CT molecular complexity index is 2800. The summed E-state index contributed by atoms with van der Waals surface area (Å²) in [5, 5.41) is 43.1. The fraction of sp³-hybridized carbons (Fsp3) is 0.683. The van der Waals surface area contributed by atoms with Crippen molar-refractivity contribution in [2.75, 3.05) is 55.8 Å². The maximum atomic E-state index is 14.5. The van der Waals surface area contributed by atoms with E-state index in [0.29, 0.717) is 39.7 Å². The number of nitrogens with one attached hydrogen (secondary N) is 2. The van der Waals surface area contributed by atoms with Gasteiger partial charge >= 0.3 is 52.6 Å². The summed E-state index contributed by atoms with van der Waals surface area (Å²) in [6.45, 7) is 29.2. The predicted molar refractivity (Wildman–Crippen MR) is 303 cm³/mol. The molecule has 85 heavy (non-hydrogen) atoms. The van der Waals surface area contributed by atoms with Crippen LogP contribution >= 0.6 is 0 Å². The summed E-state index contributed by atoms with van der Waals surface area (Å²) in [5.41, 5.74) is -4.17. The van der Waals surface area contributed by atoms with Gasteiger partial charge in [0.05, 0.1) is 85.8 Å². The number of aliphatic hydroxyl groups excluding tert-OH is 1. The van der Waals surface area contributed by atoms with Gasteiger partial charge in [-0.2, -0.15) is 0 Å². The number of hydrogen-bond acceptors (Lipinski definition) is 23. The van der Waals surface area contributed by atoms with Crippen LogP contribution in [0.15, 0.2) is 53.9 Å². The fourth-order valence-electron chi connectivity index (χ4n) is 13.2. The number of methoxy groups -OCH3 is 6. The third-order valence-corrected chi connectivity index (χ3v) is 17.8. The van der Waals surface area contributed by atoms with E-state index in [4.69, 9.17) is 76.8 Å². The van der Waals surface area contributed by atoms with Crippen molar-refractivity contribution < 1.29 is 93.7 Å². The molecule has 24 nitrogen and oxygen atoms in total. The zero-order valence-corrected chi connectivity index (χ0v) is 53.2. The summed E-state index contributed by atoms with van der Waals surface area (Å²) in [4.78, 5) is 118. The van der Waals surface area contributed by atoms with Gasteiger partial charge in [0, 0.05) is 112 Å². The van der Waals surface area contributed by atoms with Gasteiger partial charge in [0.1, 0.15) is 5.70 Å². The molecule has 3 N–H and O–H groups in total. The Morgan fingerprint density at radius 3 is 1.72 bits per heavy atom. The van der Waals surface area contributed by atoms with Crippen LogP contribution in [0.1, 0.15) is 147 Å². The van der Waals surface area contributed by atoms with Crippen LogP contribution in [0.5, 0.6) is 0 Å². The molecule has 0 saturated carbocycles. The number of nitrogens with zero attached hydrogens (tertiary/aromatic N) is 6. The minimum atomic E-state index is -1.48. The van der Waals surface area contributed by atoms with Crippen LogP contribution in [0.2, 0.25) is 0 Å². The molecule has 0 radical (unpaired) electrons. The van der Waals surface area contributed by atoms with E-state index in [2.05, 4.69) is 10.6 Å². The Hall–Kier alpha value is -6.96. The summed E-state index contributed by atoms with van der Waals surface area (Å²) in [6.07, 6.45) is -1.89. The first-order valence-corrected chi connectivity index (χ1v) is 27.7. The average Bonchev–Trinajstić information content (AvgIpc) is 1.55. The fourth-order valence-corrected chi connectivity index (χ4v) is 13.2. The summed E-state index contributed by atoms with van der Waals surface area (Å²) in [5.74, 6) is -6.93. The number of carbonyl (C=O) groups excluding carboxylic acids is 7. The Labute approximate surface area is 509 Å². The van der Waals surface area contributed by atoms with Crippen LogP contribution in [0.4, 0.5) is 0 Å². The zero-order chi connectivity index (χ0) is 64.1. The van der Waals surface area contributed by atoms with Crippen LogP contribution < -0.4 is 15.7 Å².